The molecule has 1 N–H and O–H groups in total. The van der Waals surface area contributed by atoms with Crippen LogP contribution >= 0.6 is 0 Å². The van der Waals surface area contributed by atoms with Crippen molar-refractivity contribution in [1.29, 1.82) is 0 Å². The molecular weight excluding hydrogens is 220 g/mol. The lowest BCUT2D eigenvalue weighted by Crippen LogP contribution is -2.45. The molecule has 2 saturated carbocycles. The Bertz CT molecular complexity index is 237. The van der Waals surface area contributed by atoms with Crippen LogP contribution in [0.25, 0.3) is 0 Å². The Kier molecular flexibility index (Phi) is 5.08. The quantitative estimate of drug-likeness (QED) is 0.729. The molecule has 106 valence electrons. The predicted molar refractivity (Wildman–Crippen MR) is 78.9 cm³/mol. The first-order valence-electron chi connectivity index (χ1n) is 8.05. The van der Waals surface area contributed by atoms with Crippen molar-refractivity contribution in [2.24, 2.45) is 5.41 Å². The molecule has 0 bridgehead atoms. The van der Waals surface area contributed by atoms with Crippen LogP contribution in [0.3, 0.4) is 0 Å². The molecule has 0 aromatic rings. The Hall–Kier alpha value is -0.0800. The fraction of sp³-hybridized carbons (Fsp3) is 1.00. The standard InChI is InChI=1S/C16H32N2/c1-14(2)18(3)13-16(12-17-15-8-9-15)10-6-4-5-7-11-16/h14-15,17H,4-13H2,1-3H3. The SMILES string of the molecule is CC(C)N(C)CC1(CNC2CC2)CCCCCC1. The van der Waals surface area contributed by atoms with E-state index in [1.54, 1.807) is 0 Å². The van der Waals surface area contributed by atoms with Crippen molar-refractivity contribution in [3.05, 3.63) is 0 Å². The van der Waals surface area contributed by atoms with Crippen molar-refractivity contribution >= 4 is 0 Å². The predicted octanol–water partition coefficient (Wildman–Crippen LogP) is 3.42. The summed E-state index contributed by atoms with van der Waals surface area (Å²) in [7, 11) is 2.30. The molecule has 0 atom stereocenters. The van der Waals surface area contributed by atoms with E-state index in [2.05, 4.69) is 31.1 Å². The summed E-state index contributed by atoms with van der Waals surface area (Å²) in [4.78, 5) is 2.56. The van der Waals surface area contributed by atoms with Crippen LogP contribution in [0.2, 0.25) is 0 Å². The van der Waals surface area contributed by atoms with Gasteiger partial charge in [0.05, 0.1) is 0 Å². The Morgan fingerprint density at radius 3 is 2.22 bits per heavy atom. The van der Waals surface area contributed by atoms with E-state index in [9.17, 15) is 0 Å². The van der Waals surface area contributed by atoms with E-state index in [0.29, 0.717) is 11.5 Å². The highest BCUT2D eigenvalue weighted by atomic mass is 15.1. The highest BCUT2D eigenvalue weighted by Gasteiger charge is 2.34. The van der Waals surface area contributed by atoms with Gasteiger partial charge in [-0.3, -0.25) is 0 Å². The molecule has 0 saturated heterocycles. The number of nitrogens with one attached hydrogen (secondary N) is 1. The summed E-state index contributed by atoms with van der Waals surface area (Å²) in [6.07, 6.45) is 11.5. The Balaban J connectivity index is 1.94. The molecule has 0 amide bonds. The van der Waals surface area contributed by atoms with Gasteiger partial charge in [0.15, 0.2) is 0 Å². The minimum atomic E-state index is 0.554. The van der Waals surface area contributed by atoms with E-state index in [1.807, 2.05) is 0 Å². The molecule has 0 spiro atoms. The first-order chi connectivity index (χ1) is 8.61. The van der Waals surface area contributed by atoms with E-state index in [0.717, 1.165) is 6.04 Å². The second-order valence-electron chi connectivity index (χ2n) is 7.08. The van der Waals surface area contributed by atoms with Gasteiger partial charge >= 0.3 is 0 Å². The van der Waals surface area contributed by atoms with Crippen LogP contribution in [0.15, 0.2) is 0 Å². The number of nitrogens with zero attached hydrogens (tertiary/aromatic N) is 1. The van der Waals surface area contributed by atoms with Crippen molar-refractivity contribution in [2.45, 2.75) is 77.3 Å². The van der Waals surface area contributed by atoms with Crippen molar-refractivity contribution in [1.82, 2.24) is 10.2 Å². The van der Waals surface area contributed by atoms with Gasteiger partial charge in [-0.15, -0.1) is 0 Å². The molecule has 0 heterocycles. The van der Waals surface area contributed by atoms with Gasteiger partial charge in [-0.2, -0.15) is 0 Å². The molecule has 2 nitrogen and oxygen atoms in total. The van der Waals surface area contributed by atoms with Crippen LogP contribution < -0.4 is 5.32 Å². The molecular formula is C16H32N2. The van der Waals surface area contributed by atoms with Crippen LogP contribution in [0.5, 0.6) is 0 Å². The molecule has 0 aromatic carbocycles. The summed E-state index contributed by atoms with van der Waals surface area (Å²) >= 11 is 0. The lowest BCUT2D eigenvalue weighted by atomic mass is 9.79. The minimum Gasteiger partial charge on any atom is -0.313 e. The van der Waals surface area contributed by atoms with Crippen LogP contribution in [-0.4, -0.2) is 37.1 Å². The van der Waals surface area contributed by atoms with Crippen molar-refractivity contribution < 1.29 is 0 Å². The lowest BCUT2D eigenvalue weighted by Gasteiger charge is -2.38. The second kappa shape index (κ2) is 6.38. The molecule has 0 unspecified atom stereocenters. The maximum Gasteiger partial charge on any atom is 0.00684 e. The first-order valence-corrected chi connectivity index (χ1v) is 8.05. The molecule has 0 radical (unpaired) electrons. The van der Waals surface area contributed by atoms with Gasteiger partial charge in [0.25, 0.3) is 0 Å². The fourth-order valence-corrected chi connectivity index (χ4v) is 3.23. The summed E-state index contributed by atoms with van der Waals surface area (Å²) in [6, 6.07) is 1.53. The van der Waals surface area contributed by atoms with Gasteiger partial charge in [-0.1, -0.05) is 25.7 Å². The van der Waals surface area contributed by atoms with Crippen LogP contribution in [-0.2, 0) is 0 Å². The van der Waals surface area contributed by atoms with Gasteiger partial charge in [-0.05, 0) is 52.0 Å². The minimum absolute atomic E-state index is 0.554. The van der Waals surface area contributed by atoms with Crippen LogP contribution in [0.1, 0.15) is 65.2 Å². The van der Waals surface area contributed by atoms with Crippen LogP contribution in [0, 0.1) is 5.41 Å². The smallest absolute Gasteiger partial charge is 0.00684 e. The van der Waals surface area contributed by atoms with E-state index >= 15 is 0 Å². The molecule has 0 aromatic heterocycles. The highest BCUT2D eigenvalue weighted by Crippen LogP contribution is 2.36. The molecule has 0 aliphatic heterocycles. The number of hydrogen-bond acceptors (Lipinski definition) is 2. The normalized spacial score (nSPS) is 24.5. The third kappa shape index (κ3) is 4.24. The lowest BCUT2D eigenvalue weighted by molar-refractivity contribution is 0.125. The Morgan fingerprint density at radius 2 is 1.72 bits per heavy atom. The zero-order valence-electron chi connectivity index (χ0n) is 12.7. The topological polar surface area (TPSA) is 15.3 Å². The van der Waals surface area contributed by atoms with Crippen molar-refractivity contribution in [3.63, 3.8) is 0 Å². The Labute approximate surface area is 114 Å². The highest BCUT2D eigenvalue weighted by molar-refractivity contribution is 4.90. The molecule has 2 fully saturated rings. The van der Waals surface area contributed by atoms with Crippen LogP contribution in [0.4, 0.5) is 0 Å². The third-order valence-corrected chi connectivity index (χ3v) is 4.97. The van der Waals surface area contributed by atoms with Gasteiger partial charge < -0.3 is 10.2 Å². The Morgan fingerprint density at radius 1 is 1.11 bits per heavy atom. The maximum absolute atomic E-state index is 3.81. The van der Waals surface area contributed by atoms with Crippen molar-refractivity contribution in [2.75, 3.05) is 20.1 Å². The number of hydrogen-bond donors (Lipinski definition) is 1. The molecule has 2 aliphatic rings. The van der Waals surface area contributed by atoms with E-state index < -0.39 is 0 Å². The zero-order chi connectivity index (χ0) is 13.0. The summed E-state index contributed by atoms with van der Waals surface area (Å²) in [5, 5.41) is 3.81. The van der Waals surface area contributed by atoms with E-state index in [1.165, 1.54) is 64.5 Å². The third-order valence-electron chi connectivity index (χ3n) is 4.97. The fourth-order valence-electron chi connectivity index (χ4n) is 3.23. The maximum atomic E-state index is 3.81. The summed E-state index contributed by atoms with van der Waals surface area (Å²) in [6.45, 7) is 7.18. The largest absolute Gasteiger partial charge is 0.313 e. The molecule has 2 aliphatic carbocycles. The van der Waals surface area contributed by atoms with Crippen molar-refractivity contribution in [3.8, 4) is 0 Å². The first kappa shape index (κ1) is 14.3. The summed E-state index contributed by atoms with van der Waals surface area (Å²) in [5.41, 5.74) is 0.554. The number of rotatable bonds is 6. The van der Waals surface area contributed by atoms with Gasteiger partial charge in [0.1, 0.15) is 0 Å². The molecule has 2 rings (SSSR count). The van der Waals surface area contributed by atoms with Gasteiger partial charge in [0, 0.05) is 25.2 Å². The molecule has 18 heavy (non-hydrogen) atoms. The monoisotopic (exact) mass is 252 g/mol. The van der Waals surface area contributed by atoms with E-state index in [4.69, 9.17) is 0 Å². The van der Waals surface area contributed by atoms with Gasteiger partial charge in [-0.25, -0.2) is 0 Å². The van der Waals surface area contributed by atoms with Gasteiger partial charge in [0.2, 0.25) is 0 Å². The second-order valence-corrected chi connectivity index (χ2v) is 7.08. The zero-order valence-corrected chi connectivity index (χ0v) is 12.7. The molecule has 2 heteroatoms. The average molecular weight is 252 g/mol. The average Bonchev–Trinajstić information content (AvgIpc) is 3.14. The summed E-state index contributed by atoms with van der Waals surface area (Å²) < 4.78 is 0. The van der Waals surface area contributed by atoms with E-state index in [-0.39, 0.29) is 0 Å². The summed E-state index contributed by atoms with van der Waals surface area (Å²) in [5.74, 6) is 0.